The van der Waals surface area contributed by atoms with E-state index >= 15 is 0 Å². The fourth-order valence-electron chi connectivity index (χ4n) is 3.53. The summed E-state index contributed by atoms with van der Waals surface area (Å²) in [4.78, 5) is 44.4. The van der Waals surface area contributed by atoms with E-state index in [0.717, 1.165) is 13.2 Å². The van der Waals surface area contributed by atoms with Crippen molar-refractivity contribution in [1.29, 1.82) is 0 Å². The number of carbonyl (C=O) groups excluding carboxylic acids is 3. The molecule has 0 amide bonds. The Labute approximate surface area is 310 Å². The first-order valence-electron chi connectivity index (χ1n) is 15.5. The van der Waals surface area contributed by atoms with Crippen molar-refractivity contribution in [2.24, 2.45) is 0 Å². The van der Waals surface area contributed by atoms with Crippen molar-refractivity contribution in [3.05, 3.63) is 106 Å². The largest absolute Gasteiger partial charge is 1.00 e. The Kier molecular flexibility index (Phi) is 32.5. The van der Waals surface area contributed by atoms with Crippen molar-refractivity contribution in [3.8, 4) is 0 Å². The molecule has 14 heteroatoms. The van der Waals surface area contributed by atoms with Gasteiger partial charge in [-0.3, -0.25) is 0 Å². The van der Waals surface area contributed by atoms with Gasteiger partial charge in [0.1, 0.15) is 0 Å². The molecule has 0 saturated carbocycles. The van der Waals surface area contributed by atoms with Crippen LogP contribution in [0.1, 0.15) is 94.5 Å². The van der Waals surface area contributed by atoms with Crippen molar-refractivity contribution < 1.29 is 78.8 Å². The summed E-state index contributed by atoms with van der Waals surface area (Å²) in [5.41, 5.74) is 2.72. The second-order valence-electron chi connectivity index (χ2n) is 9.40. The molecule has 12 nitrogen and oxygen atoms in total. The maximum atomic E-state index is 11.4. The Morgan fingerprint density at radius 1 is 0.620 bits per heavy atom. The average Bonchev–Trinajstić information content (AvgIpc) is 3.70. The van der Waals surface area contributed by atoms with Crippen LogP contribution in [0.5, 0.6) is 0 Å². The summed E-state index contributed by atoms with van der Waals surface area (Å²) in [6.45, 7) is 9.94. The molecule has 3 aromatic carbocycles. The monoisotopic (exact) mass is 691 g/mol. The van der Waals surface area contributed by atoms with E-state index in [0.29, 0.717) is 47.6 Å². The Morgan fingerprint density at radius 3 is 1.24 bits per heavy atom. The standard InChI is InChI=1S/C12H14O4.C10H12O3.C8H8O3.C4H8O.C2H6O.B.Li.H/c1-3-15-11(13)9-6-5-7-10(8-9)12(14)16-4-2;1-2-13-10(12)9-5-3-4-8(6-9)7-11;9-5-6-2-1-3-7(4-6)8(10)11;1-2-4-5-3-1;1-2-3;;;/h5-8H,3-4H2,1-2H3;3-6,11H,2,7H2,1H3;1-4,9H,5H2,(H,10,11);1-4H2;3H,2H2,1H3;;;/q;;;;;;+1;-1. The Bertz CT molecular complexity index is 1330. The summed E-state index contributed by atoms with van der Waals surface area (Å²) in [5, 5.41) is 33.6. The molecule has 0 atom stereocenters. The SMILES string of the molecule is C1CCOC1.CCO.CCOC(=O)c1cccc(C(=O)OCC)c1.CCOC(=O)c1cccc(CO)c1.O=C(O)c1cccc(CO)c1.[B].[H-].[Li+]. The van der Waals surface area contributed by atoms with Crippen molar-refractivity contribution in [1.82, 2.24) is 0 Å². The number of carboxylic acids is 1. The minimum absolute atomic E-state index is 0. The number of carbonyl (C=O) groups is 4. The number of aromatic carboxylic acids is 1. The molecule has 3 radical (unpaired) electrons. The predicted molar refractivity (Wildman–Crippen MR) is 186 cm³/mol. The number of benzene rings is 3. The molecule has 4 N–H and O–H groups in total. The molecule has 1 aliphatic heterocycles. The van der Waals surface area contributed by atoms with Crippen molar-refractivity contribution in [2.75, 3.05) is 39.6 Å². The van der Waals surface area contributed by atoms with E-state index in [1.54, 1.807) is 82.3 Å². The van der Waals surface area contributed by atoms with E-state index in [4.69, 9.17) is 39.4 Å². The molecule has 3 aromatic rings. The summed E-state index contributed by atoms with van der Waals surface area (Å²) in [6.07, 6.45) is 2.56. The first kappa shape index (κ1) is 50.4. The molecule has 0 spiro atoms. The molecule has 1 aliphatic rings. The Hall–Kier alpha value is -3.96. The van der Waals surface area contributed by atoms with Gasteiger partial charge in [-0.25, -0.2) is 19.2 Å². The van der Waals surface area contributed by atoms with Crippen LogP contribution in [0, 0.1) is 0 Å². The van der Waals surface area contributed by atoms with Gasteiger partial charge in [0.2, 0.25) is 0 Å². The first-order chi connectivity index (χ1) is 23.1. The van der Waals surface area contributed by atoms with Crippen molar-refractivity contribution >= 4 is 32.3 Å². The maximum absolute atomic E-state index is 11.4. The van der Waals surface area contributed by atoms with Gasteiger partial charge in [-0.05, 0) is 94.1 Å². The third-order valence-electron chi connectivity index (χ3n) is 5.69. The van der Waals surface area contributed by atoms with Crippen LogP contribution in [0.25, 0.3) is 0 Å². The molecule has 269 valence electrons. The van der Waals surface area contributed by atoms with Crippen LogP contribution >= 0.6 is 0 Å². The number of hydrogen-bond acceptors (Lipinski definition) is 11. The van der Waals surface area contributed by atoms with Crippen LogP contribution in [-0.4, -0.2) is 92.4 Å². The maximum Gasteiger partial charge on any atom is 1.00 e. The topological polar surface area (TPSA) is 186 Å². The van der Waals surface area contributed by atoms with Gasteiger partial charge in [0, 0.05) is 28.2 Å². The summed E-state index contributed by atoms with van der Waals surface area (Å²) < 4.78 is 19.4. The van der Waals surface area contributed by atoms with Crippen LogP contribution in [0.4, 0.5) is 0 Å². The summed E-state index contributed by atoms with van der Waals surface area (Å²) in [7, 11) is 0. The van der Waals surface area contributed by atoms with E-state index in [2.05, 4.69) is 0 Å². The van der Waals surface area contributed by atoms with E-state index in [9.17, 15) is 19.2 Å². The summed E-state index contributed by atoms with van der Waals surface area (Å²) >= 11 is 0. The van der Waals surface area contributed by atoms with Crippen LogP contribution in [0.3, 0.4) is 0 Å². The molecular formula is C36H49BLiO12. The van der Waals surface area contributed by atoms with Gasteiger partial charge in [0.25, 0.3) is 0 Å². The molecular weight excluding hydrogens is 642 g/mol. The molecule has 4 rings (SSSR count). The van der Waals surface area contributed by atoms with Gasteiger partial charge in [-0.1, -0.05) is 30.3 Å². The zero-order valence-corrected chi connectivity index (χ0v) is 29.6. The third-order valence-corrected chi connectivity index (χ3v) is 5.69. The van der Waals surface area contributed by atoms with Gasteiger partial charge in [-0.15, -0.1) is 0 Å². The van der Waals surface area contributed by atoms with Gasteiger partial charge >= 0.3 is 42.7 Å². The number of ether oxygens (including phenoxy) is 4. The molecule has 1 heterocycles. The predicted octanol–water partition coefficient (Wildman–Crippen LogP) is 1.80. The third kappa shape index (κ3) is 22.6. The normalized spacial score (nSPS) is 10.5. The van der Waals surface area contributed by atoms with Gasteiger partial charge in [-0.2, -0.15) is 0 Å². The summed E-state index contributed by atoms with van der Waals surface area (Å²) in [6, 6.07) is 19.3. The first-order valence-corrected chi connectivity index (χ1v) is 15.5. The van der Waals surface area contributed by atoms with E-state index in [1.807, 2.05) is 0 Å². The number of aliphatic hydroxyl groups excluding tert-OH is 3. The number of hydrogen-bond donors (Lipinski definition) is 4. The molecule has 1 fully saturated rings. The van der Waals surface area contributed by atoms with Gasteiger partial charge in [0.15, 0.2) is 0 Å². The molecule has 50 heavy (non-hydrogen) atoms. The summed E-state index contributed by atoms with van der Waals surface area (Å²) in [5.74, 6) is -2.19. The Morgan fingerprint density at radius 2 is 0.940 bits per heavy atom. The van der Waals surface area contributed by atoms with Gasteiger partial charge in [0.05, 0.1) is 55.3 Å². The van der Waals surface area contributed by atoms with Crippen LogP contribution in [-0.2, 0) is 32.2 Å². The number of aliphatic hydroxyl groups is 3. The molecule has 0 aromatic heterocycles. The van der Waals surface area contributed by atoms with E-state index in [1.165, 1.54) is 31.0 Å². The van der Waals surface area contributed by atoms with Gasteiger partial charge < -0.3 is 40.8 Å². The van der Waals surface area contributed by atoms with Crippen LogP contribution in [0.15, 0.2) is 72.8 Å². The minimum atomic E-state index is -0.972. The average molecular weight is 692 g/mol. The molecule has 1 saturated heterocycles. The second kappa shape index (κ2) is 32.3. The number of esters is 3. The molecule has 0 bridgehead atoms. The molecule has 0 unspecified atom stereocenters. The molecule has 0 aliphatic carbocycles. The van der Waals surface area contributed by atoms with Crippen LogP contribution < -0.4 is 18.9 Å². The van der Waals surface area contributed by atoms with E-state index < -0.39 is 17.9 Å². The van der Waals surface area contributed by atoms with Crippen molar-refractivity contribution in [2.45, 2.75) is 53.8 Å². The van der Waals surface area contributed by atoms with Crippen LogP contribution in [0.2, 0.25) is 0 Å². The Balaban J connectivity index is -0.000000288. The smallest absolute Gasteiger partial charge is 1.00 e. The number of carboxylic acid groups (broad SMARTS) is 1. The fraction of sp³-hybridized carbons (Fsp3) is 0.389. The number of rotatable bonds is 9. The minimum Gasteiger partial charge on any atom is -1.00 e. The zero-order chi connectivity index (χ0) is 36.2. The second-order valence-corrected chi connectivity index (χ2v) is 9.40. The van der Waals surface area contributed by atoms with Crippen molar-refractivity contribution in [3.63, 3.8) is 0 Å². The van der Waals surface area contributed by atoms with E-state index in [-0.39, 0.29) is 60.1 Å². The fourth-order valence-corrected chi connectivity index (χ4v) is 3.53. The quantitative estimate of drug-likeness (QED) is 0.145. The zero-order valence-electron chi connectivity index (χ0n) is 30.6.